The zero-order chi connectivity index (χ0) is 19.9. The van der Waals surface area contributed by atoms with E-state index in [2.05, 4.69) is 5.32 Å². The van der Waals surface area contributed by atoms with E-state index < -0.39 is 10.0 Å². The molecule has 2 aromatic rings. The fourth-order valence-corrected chi connectivity index (χ4v) is 5.19. The standard InChI is InChI=1S/C20H26N2O3S2/c1-4-22(5-2)27(24,25)19-13-18(12-11-16(19)3)21-20(23)15-26-14-17-9-7-6-8-10-17/h6-13H,4-5,14-15H2,1-3H3,(H,21,23). The number of hydrogen-bond acceptors (Lipinski definition) is 4. The lowest BCUT2D eigenvalue weighted by Crippen LogP contribution is -2.31. The number of nitrogens with one attached hydrogen (secondary N) is 1. The van der Waals surface area contributed by atoms with Gasteiger partial charge in [0.25, 0.3) is 0 Å². The Morgan fingerprint density at radius 2 is 1.74 bits per heavy atom. The Hall–Kier alpha value is -1.83. The van der Waals surface area contributed by atoms with Crippen molar-refractivity contribution in [2.45, 2.75) is 31.4 Å². The number of benzene rings is 2. The molecule has 1 N–H and O–H groups in total. The monoisotopic (exact) mass is 406 g/mol. The Labute approximate surface area is 166 Å². The second kappa shape index (κ2) is 9.92. The van der Waals surface area contributed by atoms with Gasteiger partial charge in [-0.05, 0) is 30.2 Å². The molecule has 0 aliphatic heterocycles. The number of amides is 1. The van der Waals surface area contributed by atoms with Crippen LogP contribution in [0, 0.1) is 6.92 Å². The second-order valence-electron chi connectivity index (χ2n) is 6.10. The van der Waals surface area contributed by atoms with Crippen molar-refractivity contribution in [1.82, 2.24) is 4.31 Å². The van der Waals surface area contributed by atoms with Crippen LogP contribution < -0.4 is 5.32 Å². The van der Waals surface area contributed by atoms with Gasteiger partial charge in [-0.1, -0.05) is 50.2 Å². The third-order valence-electron chi connectivity index (χ3n) is 4.14. The molecule has 1 amide bonds. The molecule has 2 aromatic carbocycles. The van der Waals surface area contributed by atoms with E-state index in [0.717, 1.165) is 5.75 Å². The number of aryl methyl sites for hydroxylation is 1. The summed E-state index contributed by atoms with van der Waals surface area (Å²) in [7, 11) is -3.57. The summed E-state index contributed by atoms with van der Waals surface area (Å²) in [5.74, 6) is 0.913. The van der Waals surface area contributed by atoms with Gasteiger partial charge in [0.1, 0.15) is 0 Å². The summed E-state index contributed by atoms with van der Waals surface area (Å²) in [6, 6.07) is 15.0. The van der Waals surface area contributed by atoms with Crippen molar-refractivity contribution in [2.24, 2.45) is 0 Å². The minimum atomic E-state index is -3.57. The van der Waals surface area contributed by atoms with Crippen LogP contribution in [0.2, 0.25) is 0 Å². The maximum absolute atomic E-state index is 12.8. The van der Waals surface area contributed by atoms with Crippen molar-refractivity contribution >= 4 is 33.4 Å². The smallest absolute Gasteiger partial charge is 0.243 e. The summed E-state index contributed by atoms with van der Waals surface area (Å²) < 4.78 is 27.0. The van der Waals surface area contributed by atoms with Gasteiger partial charge in [0.15, 0.2) is 0 Å². The molecule has 0 spiro atoms. The van der Waals surface area contributed by atoms with Gasteiger partial charge in [-0.15, -0.1) is 11.8 Å². The lowest BCUT2D eigenvalue weighted by atomic mass is 10.2. The summed E-state index contributed by atoms with van der Waals surface area (Å²) >= 11 is 1.52. The number of carbonyl (C=O) groups is 1. The highest BCUT2D eigenvalue weighted by molar-refractivity contribution is 7.99. The van der Waals surface area contributed by atoms with Crippen LogP contribution in [0.15, 0.2) is 53.4 Å². The molecule has 0 unspecified atom stereocenters. The van der Waals surface area contributed by atoms with Crippen molar-refractivity contribution < 1.29 is 13.2 Å². The van der Waals surface area contributed by atoms with Gasteiger partial charge in [-0.3, -0.25) is 4.79 Å². The molecule has 5 nitrogen and oxygen atoms in total. The Morgan fingerprint density at radius 1 is 1.07 bits per heavy atom. The van der Waals surface area contributed by atoms with E-state index in [4.69, 9.17) is 0 Å². The van der Waals surface area contributed by atoms with Crippen LogP contribution in [0.4, 0.5) is 5.69 Å². The number of thioether (sulfide) groups is 1. The summed E-state index contributed by atoms with van der Waals surface area (Å²) in [5.41, 5.74) is 2.33. The fraction of sp³-hybridized carbons (Fsp3) is 0.350. The first-order valence-corrected chi connectivity index (χ1v) is 11.5. The van der Waals surface area contributed by atoms with Crippen molar-refractivity contribution in [3.63, 3.8) is 0 Å². The second-order valence-corrected chi connectivity index (χ2v) is 8.99. The number of rotatable bonds is 9. The van der Waals surface area contributed by atoms with Crippen LogP contribution in [0.25, 0.3) is 0 Å². The first-order valence-electron chi connectivity index (χ1n) is 8.90. The molecule has 27 heavy (non-hydrogen) atoms. The Balaban J connectivity index is 2.03. The minimum absolute atomic E-state index is 0.147. The zero-order valence-corrected chi connectivity index (χ0v) is 17.6. The number of sulfonamides is 1. The number of anilines is 1. The fourth-order valence-electron chi connectivity index (χ4n) is 2.69. The Morgan fingerprint density at radius 3 is 2.37 bits per heavy atom. The average molecular weight is 407 g/mol. The first kappa shape index (κ1) is 21.5. The lowest BCUT2D eigenvalue weighted by Gasteiger charge is -2.20. The van der Waals surface area contributed by atoms with E-state index >= 15 is 0 Å². The summed E-state index contributed by atoms with van der Waals surface area (Å²) in [6.45, 7) is 6.20. The van der Waals surface area contributed by atoms with Crippen molar-refractivity contribution in [3.8, 4) is 0 Å². The van der Waals surface area contributed by atoms with Crippen LogP contribution in [0.1, 0.15) is 25.0 Å². The molecule has 0 saturated carbocycles. The van der Waals surface area contributed by atoms with E-state index in [1.807, 2.05) is 44.2 Å². The van der Waals surface area contributed by atoms with Crippen LogP contribution in [-0.4, -0.2) is 37.5 Å². The predicted octanol–water partition coefficient (Wildman–Crippen LogP) is 3.90. The summed E-state index contributed by atoms with van der Waals surface area (Å²) in [4.78, 5) is 12.4. The average Bonchev–Trinajstić information content (AvgIpc) is 2.65. The molecule has 0 bridgehead atoms. The largest absolute Gasteiger partial charge is 0.325 e. The van der Waals surface area contributed by atoms with Gasteiger partial charge < -0.3 is 5.32 Å². The molecule has 0 radical (unpaired) electrons. The van der Waals surface area contributed by atoms with Gasteiger partial charge in [-0.25, -0.2) is 8.42 Å². The highest BCUT2D eigenvalue weighted by atomic mass is 32.2. The molecule has 0 aliphatic rings. The van der Waals surface area contributed by atoms with Gasteiger partial charge in [-0.2, -0.15) is 4.31 Å². The highest BCUT2D eigenvalue weighted by Gasteiger charge is 2.24. The van der Waals surface area contributed by atoms with Crippen LogP contribution >= 0.6 is 11.8 Å². The normalized spacial score (nSPS) is 11.6. The third kappa shape index (κ3) is 5.82. The summed E-state index contributed by atoms with van der Waals surface area (Å²) in [5, 5.41) is 2.80. The van der Waals surface area contributed by atoms with Gasteiger partial charge in [0.2, 0.25) is 15.9 Å². The van der Waals surface area contributed by atoms with E-state index in [1.54, 1.807) is 25.1 Å². The minimum Gasteiger partial charge on any atom is -0.325 e. The highest BCUT2D eigenvalue weighted by Crippen LogP contribution is 2.24. The molecule has 0 saturated heterocycles. The zero-order valence-electron chi connectivity index (χ0n) is 15.9. The summed E-state index contributed by atoms with van der Waals surface area (Å²) in [6.07, 6.45) is 0. The number of nitrogens with zero attached hydrogens (tertiary/aromatic N) is 1. The molecular weight excluding hydrogens is 380 g/mol. The van der Waals surface area contributed by atoms with E-state index in [0.29, 0.717) is 30.1 Å². The van der Waals surface area contributed by atoms with E-state index in [9.17, 15) is 13.2 Å². The maximum Gasteiger partial charge on any atom is 0.243 e. The molecule has 0 aliphatic carbocycles. The maximum atomic E-state index is 12.8. The lowest BCUT2D eigenvalue weighted by molar-refractivity contribution is -0.113. The molecule has 146 valence electrons. The van der Waals surface area contributed by atoms with Gasteiger partial charge >= 0.3 is 0 Å². The van der Waals surface area contributed by atoms with Crippen molar-refractivity contribution in [3.05, 3.63) is 59.7 Å². The molecule has 0 heterocycles. The van der Waals surface area contributed by atoms with Crippen molar-refractivity contribution in [1.29, 1.82) is 0 Å². The Kier molecular flexibility index (Phi) is 7.89. The van der Waals surface area contributed by atoms with Crippen LogP contribution in [0.5, 0.6) is 0 Å². The Bertz CT molecular complexity index is 864. The molecule has 0 fully saturated rings. The molecule has 0 aromatic heterocycles. The predicted molar refractivity (Wildman–Crippen MR) is 113 cm³/mol. The van der Waals surface area contributed by atoms with E-state index in [1.165, 1.54) is 21.6 Å². The SMILES string of the molecule is CCN(CC)S(=O)(=O)c1cc(NC(=O)CSCc2ccccc2)ccc1C. The van der Waals surface area contributed by atoms with Crippen LogP contribution in [0.3, 0.4) is 0 Å². The van der Waals surface area contributed by atoms with Gasteiger partial charge in [0.05, 0.1) is 10.6 Å². The molecule has 0 atom stereocenters. The first-order chi connectivity index (χ1) is 12.9. The molecule has 7 heteroatoms. The topological polar surface area (TPSA) is 66.5 Å². The van der Waals surface area contributed by atoms with Crippen molar-refractivity contribution in [2.75, 3.05) is 24.2 Å². The third-order valence-corrected chi connectivity index (χ3v) is 7.34. The van der Waals surface area contributed by atoms with Gasteiger partial charge in [0, 0.05) is 24.5 Å². The van der Waals surface area contributed by atoms with Crippen LogP contribution in [-0.2, 0) is 20.6 Å². The number of hydrogen-bond donors (Lipinski definition) is 1. The molecular formula is C20H26N2O3S2. The number of carbonyl (C=O) groups excluding carboxylic acids is 1. The quantitative estimate of drug-likeness (QED) is 0.686. The molecule has 2 rings (SSSR count). The van der Waals surface area contributed by atoms with E-state index in [-0.39, 0.29) is 10.8 Å².